The number of hydrogen-bond acceptors (Lipinski definition) is 5. The van der Waals surface area contributed by atoms with E-state index in [1.807, 2.05) is 6.92 Å². The normalized spacial score (nSPS) is 16.8. The molecule has 1 fully saturated rings. The van der Waals surface area contributed by atoms with Crippen LogP contribution in [0, 0.1) is 6.92 Å². The largest absolute Gasteiger partial charge is 0.337 e. The fraction of sp³-hybridized carbons (Fsp3) is 0.412. The number of benzene rings is 1. The molecule has 2 heterocycles. The zero-order valence-corrected chi connectivity index (χ0v) is 15.4. The van der Waals surface area contributed by atoms with Gasteiger partial charge in [-0.2, -0.15) is 4.98 Å². The van der Waals surface area contributed by atoms with Crippen molar-refractivity contribution in [3.63, 3.8) is 0 Å². The highest BCUT2D eigenvalue weighted by Crippen LogP contribution is 2.23. The number of carbonyl (C=O) groups is 2. The topological polar surface area (TPSA) is 91.6 Å². The van der Waals surface area contributed by atoms with Crippen LogP contribution in [0.5, 0.6) is 0 Å². The third kappa shape index (κ3) is 4.13. The first-order chi connectivity index (χ1) is 12.5. The third-order valence-electron chi connectivity index (χ3n) is 4.16. The molecule has 2 aromatic rings. The van der Waals surface area contributed by atoms with E-state index in [2.05, 4.69) is 15.5 Å². The van der Waals surface area contributed by atoms with Gasteiger partial charge in [0.1, 0.15) is 6.54 Å². The molecule has 0 saturated carbocycles. The summed E-state index contributed by atoms with van der Waals surface area (Å²) in [5.74, 6) is 0.870. The smallest absolute Gasteiger partial charge is 0.318 e. The van der Waals surface area contributed by atoms with Crippen molar-refractivity contribution in [3.8, 4) is 0 Å². The molecule has 1 aromatic heterocycles. The summed E-state index contributed by atoms with van der Waals surface area (Å²) in [6.45, 7) is 4.71. The van der Waals surface area contributed by atoms with Gasteiger partial charge < -0.3 is 19.6 Å². The van der Waals surface area contributed by atoms with Crippen LogP contribution < -0.4 is 10.2 Å². The first kappa shape index (κ1) is 18.2. The summed E-state index contributed by atoms with van der Waals surface area (Å²) in [5, 5.41) is 7.24. The fourth-order valence-corrected chi connectivity index (χ4v) is 2.96. The molecule has 1 saturated heterocycles. The Kier molecular flexibility index (Phi) is 5.41. The minimum atomic E-state index is -0.265. The van der Waals surface area contributed by atoms with Crippen LogP contribution in [0.3, 0.4) is 0 Å². The molecular formula is C17H20ClN5O3. The predicted octanol–water partition coefficient (Wildman–Crippen LogP) is 2.37. The van der Waals surface area contributed by atoms with Gasteiger partial charge in [-0.05, 0) is 38.1 Å². The molecule has 0 radical (unpaired) electrons. The molecular weight excluding hydrogens is 358 g/mol. The second kappa shape index (κ2) is 7.74. The van der Waals surface area contributed by atoms with Gasteiger partial charge in [-0.25, -0.2) is 4.79 Å². The molecule has 0 spiro atoms. The van der Waals surface area contributed by atoms with Gasteiger partial charge in [0.05, 0.1) is 6.04 Å². The van der Waals surface area contributed by atoms with E-state index >= 15 is 0 Å². The standard InChI is InChI=1S/C17H20ClN5O3/c1-3-22(10-15-19-11(2)21-26-15)17(25)20-13-8-16(24)23(9-13)14-6-4-12(18)5-7-14/h4-7,13H,3,8-10H2,1-2H3,(H,20,25)/t13-/m0/s1. The van der Waals surface area contributed by atoms with Crippen molar-refractivity contribution >= 4 is 29.2 Å². The number of nitrogens with zero attached hydrogens (tertiary/aromatic N) is 4. The molecule has 9 heteroatoms. The molecule has 0 unspecified atom stereocenters. The lowest BCUT2D eigenvalue weighted by molar-refractivity contribution is -0.117. The Balaban J connectivity index is 1.60. The first-order valence-electron chi connectivity index (χ1n) is 8.37. The number of aromatic nitrogens is 2. The van der Waals surface area contributed by atoms with Crippen molar-refractivity contribution in [2.24, 2.45) is 0 Å². The molecule has 1 N–H and O–H groups in total. The second-order valence-electron chi connectivity index (χ2n) is 6.08. The quantitative estimate of drug-likeness (QED) is 0.863. The number of halogens is 1. The molecule has 138 valence electrons. The zero-order valence-electron chi connectivity index (χ0n) is 14.6. The van der Waals surface area contributed by atoms with E-state index in [0.29, 0.717) is 29.8 Å². The molecule has 1 aliphatic rings. The van der Waals surface area contributed by atoms with Gasteiger partial charge in [0.2, 0.25) is 11.8 Å². The van der Waals surface area contributed by atoms with Crippen LogP contribution >= 0.6 is 11.6 Å². The highest BCUT2D eigenvalue weighted by atomic mass is 35.5. The zero-order chi connectivity index (χ0) is 18.7. The molecule has 1 atom stereocenters. The summed E-state index contributed by atoms with van der Waals surface area (Å²) in [7, 11) is 0. The van der Waals surface area contributed by atoms with Gasteiger partial charge >= 0.3 is 6.03 Å². The fourth-order valence-electron chi connectivity index (χ4n) is 2.84. The van der Waals surface area contributed by atoms with Crippen LogP contribution in [-0.2, 0) is 11.3 Å². The summed E-state index contributed by atoms with van der Waals surface area (Å²) in [4.78, 5) is 32.1. The summed E-state index contributed by atoms with van der Waals surface area (Å²) in [6.07, 6.45) is 0.256. The molecule has 3 rings (SSSR count). The van der Waals surface area contributed by atoms with Crippen LogP contribution in [-0.4, -0.2) is 46.1 Å². The van der Waals surface area contributed by atoms with E-state index in [1.165, 1.54) is 0 Å². The highest BCUT2D eigenvalue weighted by Gasteiger charge is 2.32. The maximum atomic E-state index is 12.5. The van der Waals surface area contributed by atoms with Crippen LogP contribution in [0.4, 0.5) is 10.5 Å². The molecule has 3 amide bonds. The number of nitrogens with one attached hydrogen (secondary N) is 1. The number of urea groups is 1. The monoisotopic (exact) mass is 377 g/mol. The lowest BCUT2D eigenvalue weighted by atomic mass is 10.2. The van der Waals surface area contributed by atoms with Gasteiger partial charge in [0, 0.05) is 30.2 Å². The first-order valence-corrected chi connectivity index (χ1v) is 8.74. The van der Waals surface area contributed by atoms with E-state index in [9.17, 15) is 9.59 Å². The maximum Gasteiger partial charge on any atom is 0.318 e. The Morgan fingerprint density at radius 1 is 1.42 bits per heavy atom. The van der Waals surface area contributed by atoms with Crippen molar-refractivity contribution in [2.75, 3.05) is 18.0 Å². The number of carbonyl (C=O) groups excluding carboxylic acids is 2. The Bertz CT molecular complexity index is 792. The lowest BCUT2D eigenvalue weighted by Crippen LogP contribution is -2.45. The van der Waals surface area contributed by atoms with Crippen molar-refractivity contribution in [1.82, 2.24) is 20.4 Å². The third-order valence-corrected chi connectivity index (χ3v) is 4.41. The van der Waals surface area contributed by atoms with E-state index in [0.717, 1.165) is 5.69 Å². The predicted molar refractivity (Wildman–Crippen MR) is 95.9 cm³/mol. The van der Waals surface area contributed by atoms with Crippen LogP contribution in [0.25, 0.3) is 0 Å². The Hall–Kier alpha value is -2.61. The van der Waals surface area contributed by atoms with Gasteiger partial charge in [-0.1, -0.05) is 16.8 Å². The molecule has 1 aliphatic heterocycles. The molecule has 26 heavy (non-hydrogen) atoms. The number of hydrogen-bond donors (Lipinski definition) is 1. The molecule has 0 aliphatic carbocycles. The van der Waals surface area contributed by atoms with Crippen molar-refractivity contribution in [3.05, 3.63) is 41.0 Å². The summed E-state index contributed by atoms with van der Waals surface area (Å²) in [5.41, 5.74) is 0.768. The Labute approximate surface area is 156 Å². The summed E-state index contributed by atoms with van der Waals surface area (Å²) < 4.78 is 5.06. The number of anilines is 1. The maximum absolute atomic E-state index is 12.5. The SMILES string of the molecule is CCN(Cc1nc(C)no1)C(=O)N[C@H]1CC(=O)N(c2ccc(Cl)cc2)C1. The van der Waals surface area contributed by atoms with Gasteiger partial charge in [0.15, 0.2) is 5.82 Å². The minimum Gasteiger partial charge on any atom is -0.337 e. The number of aryl methyl sites for hydroxylation is 1. The van der Waals surface area contributed by atoms with Gasteiger partial charge in [-0.15, -0.1) is 0 Å². The van der Waals surface area contributed by atoms with Gasteiger partial charge in [0.25, 0.3) is 0 Å². The molecule has 0 bridgehead atoms. The minimum absolute atomic E-state index is 0.0341. The number of rotatable bonds is 5. The van der Waals surface area contributed by atoms with Crippen LogP contribution in [0.1, 0.15) is 25.1 Å². The summed E-state index contributed by atoms with van der Waals surface area (Å²) >= 11 is 5.89. The van der Waals surface area contributed by atoms with E-state index in [1.54, 1.807) is 41.0 Å². The van der Waals surface area contributed by atoms with Crippen molar-refractivity contribution in [2.45, 2.75) is 32.9 Å². The average Bonchev–Trinajstić information content (AvgIpc) is 3.18. The van der Waals surface area contributed by atoms with Crippen LogP contribution in [0.2, 0.25) is 5.02 Å². The summed E-state index contributed by atoms with van der Waals surface area (Å²) in [6, 6.07) is 6.53. The highest BCUT2D eigenvalue weighted by molar-refractivity contribution is 6.30. The van der Waals surface area contributed by atoms with Crippen molar-refractivity contribution in [1.29, 1.82) is 0 Å². The molecule has 8 nitrogen and oxygen atoms in total. The van der Waals surface area contributed by atoms with Crippen LogP contribution in [0.15, 0.2) is 28.8 Å². The van der Waals surface area contributed by atoms with E-state index in [4.69, 9.17) is 16.1 Å². The van der Waals surface area contributed by atoms with Crippen molar-refractivity contribution < 1.29 is 14.1 Å². The second-order valence-corrected chi connectivity index (χ2v) is 6.52. The molecule has 1 aromatic carbocycles. The van der Waals surface area contributed by atoms with Gasteiger partial charge in [-0.3, -0.25) is 4.79 Å². The lowest BCUT2D eigenvalue weighted by Gasteiger charge is -2.22. The Morgan fingerprint density at radius 2 is 2.15 bits per heavy atom. The number of amides is 3. The Morgan fingerprint density at radius 3 is 2.77 bits per heavy atom. The van der Waals surface area contributed by atoms with E-state index in [-0.39, 0.29) is 30.9 Å². The average molecular weight is 378 g/mol. The van der Waals surface area contributed by atoms with E-state index < -0.39 is 0 Å².